The third-order valence-corrected chi connectivity index (χ3v) is 11.0. The lowest BCUT2D eigenvalue weighted by Gasteiger charge is -2.38. The van der Waals surface area contributed by atoms with Crippen molar-refractivity contribution >= 4 is 45.7 Å². The number of rotatable bonds is 22. The quantitative estimate of drug-likeness (QED) is 0.0230. The second-order valence-corrected chi connectivity index (χ2v) is 16.3. The Hall–Kier alpha value is -4.95. The van der Waals surface area contributed by atoms with Gasteiger partial charge in [0.25, 0.3) is 5.91 Å². The second-order valence-electron chi connectivity index (χ2n) is 15.9. The SMILES string of the molecule is CCN(CC)CCOc1ccc(-c2oc3ccc(Cl)cc3c2C(=O)c2ccc(OCC(=O)NCC(C)(CNC(C)(C)/C(C)=N/O)CNC(C)(C)/C(C)=N/O)cc2)cc1. The number of hydrogen-bond donors (Lipinski definition) is 5. The summed E-state index contributed by atoms with van der Waals surface area (Å²) < 4.78 is 18.1. The van der Waals surface area contributed by atoms with Gasteiger partial charge in [-0.25, -0.2) is 0 Å². The zero-order valence-electron chi connectivity index (χ0n) is 35.2. The van der Waals surface area contributed by atoms with Crippen LogP contribution in [0.5, 0.6) is 11.5 Å². The van der Waals surface area contributed by atoms with Gasteiger partial charge in [-0.15, -0.1) is 0 Å². The number of halogens is 1. The number of nitrogens with zero attached hydrogens (tertiary/aromatic N) is 3. The molecule has 0 aliphatic rings. The van der Waals surface area contributed by atoms with Gasteiger partial charge in [0.15, 0.2) is 12.4 Å². The molecular formula is C44H59ClN6O7. The summed E-state index contributed by atoms with van der Waals surface area (Å²) in [5, 5.41) is 36.4. The first kappa shape index (κ1) is 45.7. The molecule has 13 nitrogen and oxygen atoms in total. The second kappa shape index (κ2) is 20.1. The van der Waals surface area contributed by atoms with Gasteiger partial charge in [0, 0.05) is 53.1 Å². The number of furan rings is 1. The molecule has 58 heavy (non-hydrogen) atoms. The Balaban J connectivity index is 1.44. The van der Waals surface area contributed by atoms with Crippen LogP contribution in [0.3, 0.4) is 0 Å². The number of likely N-dealkylation sites (N-methyl/N-ethyl adjacent to an activating group) is 1. The number of ether oxygens (including phenoxy) is 2. The van der Waals surface area contributed by atoms with Gasteiger partial charge in [0.2, 0.25) is 0 Å². The molecule has 1 amide bonds. The summed E-state index contributed by atoms with van der Waals surface area (Å²) in [7, 11) is 0. The Bertz CT molecular complexity index is 2020. The van der Waals surface area contributed by atoms with Crippen LogP contribution in [0.15, 0.2) is 81.5 Å². The van der Waals surface area contributed by atoms with Crippen molar-refractivity contribution in [3.63, 3.8) is 0 Å². The van der Waals surface area contributed by atoms with Crippen LogP contribution in [0.25, 0.3) is 22.3 Å². The summed E-state index contributed by atoms with van der Waals surface area (Å²) in [5.74, 6) is 0.969. The molecule has 314 valence electrons. The van der Waals surface area contributed by atoms with Crippen LogP contribution >= 0.6 is 11.6 Å². The number of fused-ring (bicyclic) bond motifs is 1. The van der Waals surface area contributed by atoms with Crippen molar-refractivity contribution in [3.8, 4) is 22.8 Å². The summed E-state index contributed by atoms with van der Waals surface area (Å²) in [5.41, 5.74) is 1.31. The maximum absolute atomic E-state index is 14.2. The molecule has 0 fully saturated rings. The van der Waals surface area contributed by atoms with E-state index in [4.69, 9.17) is 25.5 Å². The Morgan fingerprint density at radius 2 is 1.34 bits per heavy atom. The van der Waals surface area contributed by atoms with E-state index in [0.29, 0.717) is 69.7 Å². The Labute approximate surface area is 346 Å². The van der Waals surface area contributed by atoms with Crippen LogP contribution in [-0.4, -0.2) is 102 Å². The molecule has 1 heterocycles. The summed E-state index contributed by atoms with van der Waals surface area (Å²) in [6.45, 7) is 21.6. The van der Waals surface area contributed by atoms with Crippen LogP contribution in [0.1, 0.15) is 78.2 Å². The minimum Gasteiger partial charge on any atom is -0.492 e. The first-order chi connectivity index (χ1) is 27.5. The fourth-order valence-corrected chi connectivity index (χ4v) is 6.13. The number of benzene rings is 3. The van der Waals surface area contributed by atoms with E-state index < -0.39 is 16.5 Å². The van der Waals surface area contributed by atoms with E-state index in [9.17, 15) is 20.0 Å². The van der Waals surface area contributed by atoms with Crippen molar-refractivity contribution in [3.05, 3.63) is 82.9 Å². The van der Waals surface area contributed by atoms with Gasteiger partial charge in [-0.05, 0) is 121 Å². The van der Waals surface area contributed by atoms with E-state index in [1.165, 1.54) is 0 Å². The van der Waals surface area contributed by atoms with E-state index >= 15 is 0 Å². The molecule has 0 bridgehead atoms. The molecule has 3 aromatic carbocycles. The van der Waals surface area contributed by atoms with Crippen molar-refractivity contribution in [1.29, 1.82) is 0 Å². The minimum absolute atomic E-state index is 0.252. The maximum Gasteiger partial charge on any atom is 0.257 e. The molecule has 0 saturated heterocycles. The molecule has 14 heteroatoms. The maximum atomic E-state index is 14.2. The van der Waals surface area contributed by atoms with Crippen LogP contribution in [0, 0.1) is 5.41 Å². The number of carbonyl (C=O) groups is 2. The molecule has 0 saturated carbocycles. The first-order valence-corrected chi connectivity index (χ1v) is 19.9. The predicted molar refractivity (Wildman–Crippen MR) is 230 cm³/mol. The highest BCUT2D eigenvalue weighted by Crippen LogP contribution is 2.37. The minimum atomic E-state index is -0.611. The van der Waals surface area contributed by atoms with Crippen molar-refractivity contribution in [2.24, 2.45) is 15.7 Å². The van der Waals surface area contributed by atoms with Gasteiger partial charge in [-0.3, -0.25) is 9.59 Å². The normalized spacial score (nSPS) is 12.9. The Kier molecular flexibility index (Phi) is 15.9. The molecule has 4 rings (SSSR count). The van der Waals surface area contributed by atoms with Crippen LogP contribution in [0.2, 0.25) is 5.02 Å². The van der Waals surface area contributed by atoms with Crippen LogP contribution < -0.4 is 25.4 Å². The van der Waals surface area contributed by atoms with E-state index in [2.05, 4.69) is 45.0 Å². The van der Waals surface area contributed by atoms with E-state index in [-0.39, 0.29) is 24.8 Å². The fraction of sp³-hybridized carbons (Fsp3) is 0.455. The zero-order valence-corrected chi connectivity index (χ0v) is 35.9. The summed E-state index contributed by atoms with van der Waals surface area (Å²) in [6, 6.07) is 19.3. The molecule has 0 radical (unpaired) electrons. The molecule has 0 atom stereocenters. The summed E-state index contributed by atoms with van der Waals surface area (Å²) in [6.07, 6.45) is 0. The van der Waals surface area contributed by atoms with Crippen LogP contribution in [0.4, 0.5) is 0 Å². The monoisotopic (exact) mass is 818 g/mol. The van der Waals surface area contributed by atoms with E-state index in [0.717, 1.165) is 30.9 Å². The molecule has 5 N–H and O–H groups in total. The predicted octanol–water partition coefficient (Wildman–Crippen LogP) is 7.64. The third kappa shape index (κ3) is 12.0. The molecule has 0 aliphatic heterocycles. The topological polar surface area (TPSA) is 170 Å². The van der Waals surface area contributed by atoms with Gasteiger partial charge in [0.05, 0.1) is 28.1 Å². The fourth-order valence-electron chi connectivity index (χ4n) is 5.95. The van der Waals surface area contributed by atoms with Gasteiger partial charge in [-0.2, -0.15) is 0 Å². The number of nitrogens with one attached hydrogen (secondary N) is 3. The van der Waals surface area contributed by atoms with Gasteiger partial charge in [-0.1, -0.05) is 42.7 Å². The molecular weight excluding hydrogens is 760 g/mol. The number of amides is 1. The lowest BCUT2D eigenvalue weighted by molar-refractivity contribution is -0.123. The van der Waals surface area contributed by atoms with Gasteiger partial charge >= 0.3 is 0 Å². The molecule has 1 aromatic heterocycles. The van der Waals surface area contributed by atoms with Gasteiger partial charge in [0.1, 0.15) is 29.4 Å². The smallest absolute Gasteiger partial charge is 0.257 e. The van der Waals surface area contributed by atoms with Crippen molar-refractivity contribution in [2.45, 2.75) is 73.4 Å². The Morgan fingerprint density at radius 1 is 0.793 bits per heavy atom. The highest BCUT2D eigenvalue weighted by molar-refractivity contribution is 6.32. The molecule has 0 spiro atoms. The van der Waals surface area contributed by atoms with Crippen LogP contribution in [-0.2, 0) is 4.79 Å². The molecule has 4 aromatic rings. The average Bonchev–Trinajstić information content (AvgIpc) is 3.60. The zero-order chi connectivity index (χ0) is 42.7. The summed E-state index contributed by atoms with van der Waals surface area (Å²) >= 11 is 6.38. The highest BCUT2D eigenvalue weighted by Gasteiger charge is 2.33. The summed E-state index contributed by atoms with van der Waals surface area (Å²) in [4.78, 5) is 29.5. The lowest BCUT2D eigenvalue weighted by atomic mass is 9.86. The number of ketones is 1. The highest BCUT2D eigenvalue weighted by atomic mass is 35.5. The number of carbonyl (C=O) groups excluding carboxylic acids is 2. The molecule has 0 aliphatic carbocycles. The van der Waals surface area contributed by atoms with Gasteiger partial charge < -0.3 is 45.2 Å². The van der Waals surface area contributed by atoms with E-state index in [1.54, 1.807) is 56.3 Å². The van der Waals surface area contributed by atoms with Crippen molar-refractivity contribution in [1.82, 2.24) is 20.9 Å². The van der Waals surface area contributed by atoms with Crippen molar-refractivity contribution in [2.75, 3.05) is 52.5 Å². The number of hydrogen-bond acceptors (Lipinski definition) is 12. The van der Waals surface area contributed by atoms with Crippen molar-refractivity contribution < 1.29 is 33.9 Å². The largest absolute Gasteiger partial charge is 0.492 e. The average molecular weight is 819 g/mol. The third-order valence-electron chi connectivity index (χ3n) is 10.8. The standard InChI is InChI=1S/C44H59ClN6O7/c1-10-51(11-2)22-23-56-34-19-14-32(15-20-34)41-39(36-24-33(45)16-21-37(36)58-41)40(53)31-12-17-35(18-13-31)57-25-38(52)46-26-44(9,27-47-42(5,6)29(3)49-54)28-48-43(7,8)30(4)50-55/h12-21,24,47-48,54-55H,10-11,22-23,25-28H2,1-9H3,(H,46,52)/b49-29+,50-30+. The Morgan fingerprint density at radius 3 is 1.90 bits per heavy atom. The number of oxime groups is 2. The molecule has 0 unspecified atom stereocenters. The lowest BCUT2D eigenvalue weighted by Crippen LogP contribution is -2.57. The van der Waals surface area contributed by atoms with E-state index in [1.807, 2.05) is 58.9 Å². The first-order valence-electron chi connectivity index (χ1n) is 19.6.